The topological polar surface area (TPSA) is 99.8 Å². The highest BCUT2D eigenvalue weighted by atomic mass is 19.1. The molecule has 4 amide bonds. The van der Waals surface area contributed by atoms with E-state index in [4.69, 9.17) is 4.74 Å². The van der Waals surface area contributed by atoms with Crippen LogP contribution < -0.4 is 16.0 Å². The first-order chi connectivity index (χ1) is 18.7. The van der Waals surface area contributed by atoms with Crippen molar-refractivity contribution in [2.45, 2.75) is 56.7 Å². The summed E-state index contributed by atoms with van der Waals surface area (Å²) in [4.78, 5) is 40.5. The Labute approximate surface area is 227 Å². The highest BCUT2D eigenvalue weighted by molar-refractivity contribution is 5.86. The number of hydrogen-bond donors (Lipinski definition) is 3. The number of likely N-dealkylation sites (N-methyl/N-ethyl adjacent to an activating group) is 1. The van der Waals surface area contributed by atoms with Gasteiger partial charge in [0.25, 0.3) is 0 Å². The highest BCUT2D eigenvalue weighted by Gasteiger charge is 2.36. The normalized spacial score (nSPS) is 21.7. The molecule has 39 heavy (non-hydrogen) atoms. The summed E-state index contributed by atoms with van der Waals surface area (Å²) in [5, 5.41) is 8.94. The Hall–Kier alpha value is -3.53. The summed E-state index contributed by atoms with van der Waals surface area (Å²) in [7, 11) is 1.66. The predicted molar refractivity (Wildman–Crippen MR) is 141 cm³/mol. The number of benzene rings is 2. The van der Waals surface area contributed by atoms with Gasteiger partial charge in [-0.3, -0.25) is 9.59 Å². The second kappa shape index (κ2) is 13.0. The van der Waals surface area contributed by atoms with Crippen molar-refractivity contribution in [1.82, 2.24) is 20.9 Å². The van der Waals surface area contributed by atoms with Crippen LogP contribution in [0.1, 0.15) is 49.7 Å². The van der Waals surface area contributed by atoms with Crippen LogP contribution in [0.3, 0.4) is 0 Å². The summed E-state index contributed by atoms with van der Waals surface area (Å²) < 4.78 is 32.5. The molecular weight excluding hydrogens is 506 g/mol. The highest BCUT2D eigenvalue weighted by Crippen LogP contribution is 2.32. The monoisotopic (exact) mass is 542 g/mol. The first-order valence-corrected chi connectivity index (χ1v) is 13.4. The van der Waals surface area contributed by atoms with Gasteiger partial charge in [0, 0.05) is 57.8 Å². The molecule has 0 aliphatic carbocycles. The maximum atomic E-state index is 13.5. The maximum absolute atomic E-state index is 13.5. The molecule has 0 radical (unpaired) electrons. The standard InChI is InChI=1S/C29H36F2N4O4/c1-35-19-25(33-28(38)34-29(10-12-39-13-11-29)22-7-3-2-4-8-22)9-5-6-21(16-26(35)36)27(37)32-18-20-14-23(30)17-24(31)15-20/h2-4,7-8,14-15,17,21,25H,5-6,9-13,16,18-19H2,1H3,(H,32,37)(H2,33,34,38)/t21-,25-/m1/s1. The van der Waals surface area contributed by atoms with E-state index in [2.05, 4.69) is 16.0 Å². The fraction of sp³-hybridized carbons (Fsp3) is 0.483. The van der Waals surface area contributed by atoms with Crippen LogP contribution in [0.25, 0.3) is 0 Å². The largest absolute Gasteiger partial charge is 0.381 e. The molecule has 2 heterocycles. The van der Waals surface area contributed by atoms with Crippen molar-refractivity contribution >= 4 is 17.8 Å². The molecule has 2 aliphatic rings. The first-order valence-electron chi connectivity index (χ1n) is 13.4. The van der Waals surface area contributed by atoms with E-state index < -0.39 is 23.1 Å². The second-order valence-corrected chi connectivity index (χ2v) is 10.5. The molecule has 2 aliphatic heterocycles. The number of carbonyl (C=O) groups excluding carboxylic acids is 3. The van der Waals surface area contributed by atoms with Gasteiger partial charge < -0.3 is 25.6 Å². The van der Waals surface area contributed by atoms with Gasteiger partial charge in [0.2, 0.25) is 11.8 Å². The van der Waals surface area contributed by atoms with Crippen molar-refractivity contribution in [3.63, 3.8) is 0 Å². The molecule has 2 atom stereocenters. The molecule has 0 bridgehead atoms. The number of ether oxygens (including phenoxy) is 1. The molecule has 0 saturated carbocycles. The summed E-state index contributed by atoms with van der Waals surface area (Å²) in [5.41, 5.74) is 0.804. The van der Waals surface area contributed by atoms with E-state index in [-0.39, 0.29) is 36.9 Å². The molecular formula is C29H36F2N4O4. The minimum absolute atomic E-state index is 0.0237. The van der Waals surface area contributed by atoms with Crippen LogP contribution in [0.15, 0.2) is 48.5 Å². The van der Waals surface area contributed by atoms with Crippen molar-refractivity contribution in [2.24, 2.45) is 5.92 Å². The lowest BCUT2D eigenvalue weighted by atomic mass is 9.83. The Morgan fingerprint density at radius 3 is 2.44 bits per heavy atom. The molecule has 10 heteroatoms. The van der Waals surface area contributed by atoms with Gasteiger partial charge in [-0.2, -0.15) is 0 Å². The van der Waals surface area contributed by atoms with E-state index in [0.29, 0.717) is 57.4 Å². The fourth-order valence-electron chi connectivity index (χ4n) is 5.39. The van der Waals surface area contributed by atoms with Crippen LogP contribution in [0.2, 0.25) is 0 Å². The first kappa shape index (κ1) is 28.5. The predicted octanol–water partition coefficient (Wildman–Crippen LogP) is 3.60. The average molecular weight is 543 g/mol. The number of halogens is 2. The van der Waals surface area contributed by atoms with Crippen LogP contribution in [-0.4, -0.2) is 55.6 Å². The number of nitrogens with one attached hydrogen (secondary N) is 3. The molecule has 210 valence electrons. The molecule has 0 spiro atoms. The van der Waals surface area contributed by atoms with Gasteiger partial charge in [-0.1, -0.05) is 36.8 Å². The minimum Gasteiger partial charge on any atom is -0.381 e. The van der Waals surface area contributed by atoms with Gasteiger partial charge in [0.15, 0.2) is 0 Å². The molecule has 2 fully saturated rings. The molecule has 2 aromatic rings. The van der Waals surface area contributed by atoms with Gasteiger partial charge in [-0.15, -0.1) is 0 Å². The second-order valence-electron chi connectivity index (χ2n) is 10.5. The number of rotatable bonds is 6. The van der Waals surface area contributed by atoms with E-state index >= 15 is 0 Å². The van der Waals surface area contributed by atoms with Crippen LogP contribution in [-0.2, 0) is 26.4 Å². The van der Waals surface area contributed by atoms with Crippen molar-refractivity contribution in [1.29, 1.82) is 0 Å². The summed E-state index contributed by atoms with van der Waals surface area (Å²) in [6.45, 7) is 1.39. The minimum atomic E-state index is -0.715. The number of hydrogen-bond acceptors (Lipinski definition) is 4. The van der Waals surface area contributed by atoms with Crippen molar-refractivity contribution in [3.8, 4) is 0 Å². The van der Waals surface area contributed by atoms with Crippen molar-refractivity contribution < 1.29 is 27.9 Å². The van der Waals surface area contributed by atoms with E-state index in [1.165, 1.54) is 0 Å². The number of carbonyl (C=O) groups is 3. The van der Waals surface area contributed by atoms with Crippen LogP contribution in [0.5, 0.6) is 0 Å². The van der Waals surface area contributed by atoms with Crippen LogP contribution in [0.4, 0.5) is 13.6 Å². The van der Waals surface area contributed by atoms with Crippen molar-refractivity contribution in [3.05, 3.63) is 71.3 Å². The van der Waals surface area contributed by atoms with E-state index in [1.807, 2.05) is 30.3 Å². The zero-order valence-corrected chi connectivity index (χ0v) is 22.2. The van der Waals surface area contributed by atoms with Crippen LogP contribution in [0, 0.1) is 17.6 Å². The molecule has 4 rings (SSSR count). The maximum Gasteiger partial charge on any atom is 0.315 e. The molecule has 0 aromatic heterocycles. The zero-order valence-electron chi connectivity index (χ0n) is 22.2. The van der Waals surface area contributed by atoms with E-state index in [0.717, 1.165) is 23.8 Å². The summed E-state index contributed by atoms with van der Waals surface area (Å²) in [6, 6.07) is 12.4. The lowest BCUT2D eigenvalue weighted by molar-refractivity contribution is -0.135. The Balaban J connectivity index is 1.35. The quantitative estimate of drug-likeness (QED) is 0.520. The number of nitrogens with zero attached hydrogens (tertiary/aromatic N) is 1. The number of urea groups is 1. The third kappa shape index (κ3) is 7.75. The lowest BCUT2D eigenvalue weighted by Crippen LogP contribution is -2.55. The van der Waals surface area contributed by atoms with Gasteiger partial charge >= 0.3 is 6.03 Å². The molecule has 8 nitrogen and oxygen atoms in total. The zero-order chi connectivity index (χ0) is 27.8. The Bertz CT molecular complexity index is 1140. The lowest BCUT2D eigenvalue weighted by Gasteiger charge is -2.39. The van der Waals surface area contributed by atoms with Gasteiger partial charge in [-0.25, -0.2) is 13.6 Å². The summed E-state index contributed by atoms with van der Waals surface area (Å²) >= 11 is 0. The summed E-state index contributed by atoms with van der Waals surface area (Å²) in [6.07, 6.45) is 3.00. The van der Waals surface area contributed by atoms with E-state index in [1.54, 1.807) is 11.9 Å². The Morgan fingerprint density at radius 1 is 1.05 bits per heavy atom. The molecule has 2 saturated heterocycles. The van der Waals surface area contributed by atoms with Gasteiger partial charge in [0.05, 0.1) is 5.54 Å². The third-order valence-corrected chi connectivity index (χ3v) is 7.57. The molecule has 0 unspecified atom stereocenters. The van der Waals surface area contributed by atoms with Gasteiger partial charge in [0.1, 0.15) is 11.6 Å². The summed E-state index contributed by atoms with van der Waals surface area (Å²) in [5.74, 6) is -2.55. The van der Waals surface area contributed by atoms with Crippen molar-refractivity contribution in [2.75, 3.05) is 26.8 Å². The third-order valence-electron chi connectivity index (χ3n) is 7.57. The Kier molecular flexibility index (Phi) is 9.50. The fourth-order valence-corrected chi connectivity index (χ4v) is 5.39. The Morgan fingerprint density at radius 2 is 1.74 bits per heavy atom. The smallest absolute Gasteiger partial charge is 0.315 e. The van der Waals surface area contributed by atoms with Gasteiger partial charge in [-0.05, 0) is 48.9 Å². The molecule has 2 aromatic carbocycles. The number of amides is 4. The molecule has 3 N–H and O–H groups in total. The SMILES string of the molecule is CN1C[C@H](NC(=O)NC2(c3ccccc3)CCOCC2)CCC[C@@H](C(=O)NCc2cc(F)cc(F)c2)CC1=O. The van der Waals surface area contributed by atoms with E-state index in [9.17, 15) is 23.2 Å². The van der Waals surface area contributed by atoms with Crippen LogP contribution >= 0.6 is 0 Å². The average Bonchev–Trinajstić information content (AvgIpc) is 2.97.